The average Bonchev–Trinajstić information content (AvgIpc) is 2.88. The zero-order valence-corrected chi connectivity index (χ0v) is 17.2. The quantitative estimate of drug-likeness (QED) is 0.331. The molecule has 0 N–H and O–H groups in total. The number of hydrogen-bond donors (Lipinski definition) is 0. The molecular formula is C28H18N4. The molecular weight excluding hydrogens is 392 g/mol. The van der Waals surface area contributed by atoms with Crippen molar-refractivity contribution in [3.8, 4) is 33.9 Å². The Kier molecular flexibility index (Phi) is 4.40. The molecule has 0 atom stereocenters. The fraction of sp³-hybridized carbons (Fsp3) is 0. The van der Waals surface area contributed by atoms with Crippen LogP contribution < -0.4 is 0 Å². The molecule has 3 aromatic heterocycles. The number of nitrogens with zero attached hydrogens (tertiary/aromatic N) is 4. The lowest BCUT2D eigenvalue weighted by Gasteiger charge is -2.11. The molecule has 3 aromatic carbocycles. The van der Waals surface area contributed by atoms with E-state index in [4.69, 9.17) is 9.97 Å². The van der Waals surface area contributed by atoms with Crippen molar-refractivity contribution in [2.45, 2.75) is 0 Å². The van der Waals surface area contributed by atoms with Gasteiger partial charge in [0.25, 0.3) is 0 Å². The van der Waals surface area contributed by atoms with Gasteiger partial charge in [0.2, 0.25) is 0 Å². The van der Waals surface area contributed by atoms with E-state index in [9.17, 15) is 0 Å². The van der Waals surface area contributed by atoms with Gasteiger partial charge in [-0.15, -0.1) is 0 Å². The van der Waals surface area contributed by atoms with Crippen LogP contribution >= 0.6 is 0 Å². The summed E-state index contributed by atoms with van der Waals surface area (Å²) in [5, 5.41) is 3.32. The van der Waals surface area contributed by atoms with Gasteiger partial charge in [0.05, 0.1) is 11.2 Å². The van der Waals surface area contributed by atoms with Gasteiger partial charge in [0, 0.05) is 40.5 Å². The minimum Gasteiger partial charge on any atom is -0.263 e. The summed E-state index contributed by atoms with van der Waals surface area (Å²) in [5.74, 6) is 0.622. The van der Waals surface area contributed by atoms with Crippen molar-refractivity contribution in [3.05, 3.63) is 110 Å². The Balaban J connectivity index is 1.57. The molecule has 4 nitrogen and oxygen atoms in total. The van der Waals surface area contributed by atoms with E-state index in [0.717, 1.165) is 44.4 Å². The lowest BCUT2D eigenvalue weighted by atomic mass is 9.97. The van der Waals surface area contributed by atoms with E-state index in [0.29, 0.717) is 5.82 Å². The second-order valence-corrected chi connectivity index (χ2v) is 7.62. The van der Waals surface area contributed by atoms with Gasteiger partial charge in [-0.1, -0.05) is 66.7 Å². The highest BCUT2D eigenvalue weighted by molar-refractivity contribution is 5.98. The predicted molar refractivity (Wildman–Crippen MR) is 129 cm³/mol. The summed E-state index contributed by atoms with van der Waals surface area (Å²) in [7, 11) is 0. The lowest BCUT2D eigenvalue weighted by molar-refractivity contribution is 1.18. The highest BCUT2D eigenvalue weighted by Gasteiger charge is 2.13. The minimum absolute atomic E-state index is 0.622. The smallest absolute Gasteiger partial charge is 0.179 e. The molecule has 0 aliphatic rings. The first-order valence-corrected chi connectivity index (χ1v) is 10.5. The van der Waals surface area contributed by atoms with Crippen LogP contribution in [0.5, 0.6) is 0 Å². The summed E-state index contributed by atoms with van der Waals surface area (Å²) < 4.78 is 0. The Morgan fingerprint density at radius 1 is 0.594 bits per heavy atom. The Morgan fingerprint density at radius 3 is 2.31 bits per heavy atom. The molecule has 0 fully saturated rings. The van der Waals surface area contributed by atoms with E-state index >= 15 is 0 Å². The fourth-order valence-corrected chi connectivity index (χ4v) is 4.09. The van der Waals surface area contributed by atoms with Crippen molar-refractivity contribution in [3.63, 3.8) is 0 Å². The monoisotopic (exact) mass is 410 g/mol. The first-order chi connectivity index (χ1) is 15.9. The van der Waals surface area contributed by atoms with Gasteiger partial charge in [-0.05, 0) is 35.2 Å². The third-order valence-electron chi connectivity index (χ3n) is 5.61. The third kappa shape index (κ3) is 3.19. The van der Waals surface area contributed by atoms with Crippen LogP contribution in [-0.4, -0.2) is 19.9 Å². The van der Waals surface area contributed by atoms with E-state index in [1.165, 1.54) is 5.39 Å². The standard InChI is InChI=1S/C28H18N4/c1-2-11-22-21(8-1)17-29-18-24(22)19-9-7-10-20(16-19)27-23-12-3-4-13-25(23)31-28(32-27)26-14-5-6-15-30-26/h1-18H. The Morgan fingerprint density at radius 2 is 1.41 bits per heavy atom. The molecule has 0 saturated carbocycles. The van der Waals surface area contributed by atoms with Gasteiger partial charge < -0.3 is 0 Å². The van der Waals surface area contributed by atoms with Gasteiger partial charge in [0.1, 0.15) is 5.69 Å². The van der Waals surface area contributed by atoms with E-state index in [1.54, 1.807) is 6.20 Å². The second-order valence-electron chi connectivity index (χ2n) is 7.62. The molecule has 0 aliphatic carbocycles. The van der Waals surface area contributed by atoms with E-state index in [2.05, 4.69) is 58.5 Å². The number of pyridine rings is 2. The Labute approximate surface area is 185 Å². The first kappa shape index (κ1) is 18.3. The molecule has 6 rings (SSSR count). The van der Waals surface area contributed by atoms with Crippen molar-refractivity contribution in [1.29, 1.82) is 0 Å². The third-order valence-corrected chi connectivity index (χ3v) is 5.61. The van der Waals surface area contributed by atoms with Crippen molar-refractivity contribution < 1.29 is 0 Å². The van der Waals surface area contributed by atoms with Gasteiger partial charge in [-0.25, -0.2) is 9.97 Å². The summed E-state index contributed by atoms with van der Waals surface area (Å²) in [6, 6.07) is 30.7. The van der Waals surface area contributed by atoms with E-state index in [1.807, 2.05) is 54.9 Å². The molecule has 0 spiro atoms. The minimum atomic E-state index is 0.622. The largest absolute Gasteiger partial charge is 0.263 e. The van der Waals surface area contributed by atoms with Gasteiger partial charge >= 0.3 is 0 Å². The number of benzene rings is 3. The second kappa shape index (κ2) is 7.67. The molecule has 6 aromatic rings. The van der Waals surface area contributed by atoms with Crippen LogP contribution in [0, 0.1) is 0 Å². The van der Waals surface area contributed by atoms with E-state index in [-0.39, 0.29) is 0 Å². The van der Waals surface area contributed by atoms with Crippen LogP contribution in [0.25, 0.3) is 55.6 Å². The molecule has 3 heterocycles. The summed E-state index contributed by atoms with van der Waals surface area (Å²) in [6.07, 6.45) is 5.60. The number of hydrogen-bond acceptors (Lipinski definition) is 4. The van der Waals surface area contributed by atoms with Crippen LogP contribution in [0.2, 0.25) is 0 Å². The molecule has 0 unspecified atom stereocenters. The van der Waals surface area contributed by atoms with Crippen LogP contribution in [0.4, 0.5) is 0 Å². The zero-order valence-electron chi connectivity index (χ0n) is 17.2. The maximum absolute atomic E-state index is 4.95. The summed E-state index contributed by atoms with van der Waals surface area (Å²) in [5.41, 5.74) is 5.80. The summed E-state index contributed by atoms with van der Waals surface area (Å²) in [4.78, 5) is 18.6. The summed E-state index contributed by atoms with van der Waals surface area (Å²) >= 11 is 0. The van der Waals surface area contributed by atoms with Gasteiger partial charge in [-0.2, -0.15) is 0 Å². The Hall–Kier alpha value is -4.44. The van der Waals surface area contributed by atoms with Crippen LogP contribution in [0.1, 0.15) is 0 Å². The van der Waals surface area contributed by atoms with Crippen molar-refractivity contribution >= 4 is 21.7 Å². The van der Waals surface area contributed by atoms with Crippen molar-refractivity contribution in [1.82, 2.24) is 19.9 Å². The molecule has 0 bridgehead atoms. The molecule has 0 saturated heterocycles. The van der Waals surface area contributed by atoms with Crippen molar-refractivity contribution in [2.75, 3.05) is 0 Å². The Bertz CT molecular complexity index is 1570. The maximum Gasteiger partial charge on any atom is 0.179 e. The normalized spacial score (nSPS) is 11.1. The van der Waals surface area contributed by atoms with E-state index < -0.39 is 0 Å². The topological polar surface area (TPSA) is 51.6 Å². The first-order valence-electron chi connectivity index (χ1n) is 10.5. The van der Waals surface area contributed by atoms with Crippen LogP contribution in [-0.2, 0) is 0 Å². The molecule has 32 heavy (non-hydrogen) atoms. The number of fused-ring (bicyclic) bond motifs is 2. The predicted octanol–water partition coefficient (Wildman–Crippen LogP) is 6.57. The SMILES string of the molecule is c1ccc(-c2nc(-c3cccc(-c4cncc5ccccc45)c3)c3ccccc3n2)nc1. The molecule has 0 aliphatic heterocycles. The molecule has 150 valence electrons. The number of aromatic nitrogens is 4. The van der Waals surface area contributed by atoms with Crippen LogP contribution in [0.15, 0.2) is 110 Å². The number of para-hydroxylation sites is 1. The van der Waals surface area contributed by atoms with Gasteiger partial charge in [-0.3, -0.25) is 9.97 Å². The molecule has 4 heteroatoms. The molecule has 0 amide bonds. The average molecular weight is 410 g/mol. The maximum atomic E-state index is 4.95. The summed E-state index contributed by atoms with van der Waals surface area (Å²) in [6.45, 7) is 0. The lowest BCUT2D eigenvalue weighted by Crippen LogP contribution is -1.96. The highest BCUT2D eigenvalue weighted by Crippen LogP contribution is 2.33. The van der Waals surface area contributed by atoms with Gasteiger partial charge in [0.15, 0.2) is 5.82 Å². The zero-order chi connectivity index (χ0) is 21.3. The number of rotatable bonds is 3. The molecule has 0 radical (unpaired) electrons. The fourth-order valence-electron chi connectivity index (χ4n) is 4.09. The van der Waals surface area contributed by atoms with Crippen LogP contribution in [0.3, 0.4) is 0 Å². The highest BCUT2D eigenvalue weighted by atomic mass is 14.9. The van der Waals surface area contributed by atoms with Crippen molar-refractivity contribution in [2.24, 2.45) is 0 Å².